The zero-order valence-corrected chi connectivity index (χ0v) is 21.9. The summed E-state index contributed by atoms with van der Waals surface area (Å²) in [4.78, 5) is 38.8. The number of hydrogen-bond donors (Lipinski definition) is 2. The summed E-state index contributed by atoms with van der Waals surface area (Å²) in [7, 11) is 0. The molecule has 2 N–H and O–H groups in total. The minimum Gasteiger partial charge on any atom is -0.480 e. The van der Waals surface area contributed by atoms with Gasteiger partial charge in [0.15, 0.2) is 0 Å². The lowest BCUT2D eigenvalue weighted by atomic mass is 10.00. The molecule has 0 fully saturated rings. The fourth-order valence-corrected chi connectivity index (χ4v) is 4.79. The Morgan fingerprint density at radius 1 is 0.951 bits per heavy atom. The summed E-state index contributed by atoms with van der Waals surface area (Å²) in [6.07, 6.45) is -4.46. The number of halogens is 3. The first-order chi connectivity index (χ1) is 19.4. The fourth-order valence-electron chi connectivity index (χ4n) is 4.79. The van der Waals surface area contributed by atoms with Gasteiger partial charge in [-0.1, -0.05) is 55.4 Å². The van der Waals surface area contributed by atoms with E-state index in [1.807, 2.05) is 12.1 Å². The number of aliphatic carboxylic acids is 1. The van der Waals surface area contributed by atoms with E-state index in [4.69, 9.17) is 4.52 Å². The number of nitrogens with zero attached hydrogens (tertiary/aromatic N) is 2. The minimum atomic E-state index is -4.46. The molecule has 0 aliphatic carbocycles. The van der Waals surface area contributed by atoms with Crippen LogP contribution in [0.2, 0.25) is 0 Å². The fraction of sp³-hybridized carbons (Fsp3) is 0.200. The molecule has 1 atom stereocenters. The quantitative estimate of drug-likeness (QED) is 0.271. The Hall–Kier alpha value is -4.93. The molecule has 0 bridgehead atoms. The van der Waals surface area contributed by atoms with Gasteiger partial charge in [0.05, 0.1) is 5.56 Å². The molecule has 2 amide bonds. The average Bonchev–Trinajstić information content (AvgIpc) is 3.54. The molecule has 1 aliphatic heterocycles. The van der Waals surface area contributed by atoms with Crippen molar-refractivity contribution in [1.29, 1.82) is 0 Å². The van der Waals surface area contributed by atoms with Crippen molar-refractivity contribution in [1.82, 2.24) is 10.1 Å². The van der Waals surface area contributed by atoms with Crippen LogP contribution in [-0.2, 0) is 17.5 Å². The molecule has 2 heterocycles. The SMILES string of the molecule is CC(C)C(C(=O)O)N1Cc2ccc(-c3ccc(NC(=O)c4cc(-c5ccc(C(F)(F)F)cc5)no4)cc3)cc2C1=O. The summed E-state index contributed by atoms with van der Waals surface area (Å²) < 4.78 is 43.5. The summed E-state index contributed by atoms with van der Waals surface area (Å²) in [5.74, 6) is -2.33. The highest BCUT2D eigenvalue weighted by Gasteiger charge is 2.38. The number of hydrogen-bond acceptors (Lipinski definition) is 5. The van der Waals surface area contributed by atoms with Crippen LogP contribution in [0.15, 0.2) is 77.3 Å². The first-order valence-corrected chi connectivity index (χ1v) is 12.6. The molecule has 1 unspecified atom stereocenters. The number of benzene rings is 3. The molecule has 0 saturated heterocycles. The predicted octanol–water partition coefficient (Wildman–Crippen LogP) is 6.34. The van der Waals surface area contributed by atoms with E-state index in [9.17, 15) is 32.7 Å². The van der Waals surface area contributed by atoms with Crippen LogP contribution in [0.1, 0.15) is 45.9 Å². The number of amides is 2. The molecule has 41 heavy (non-hydrogen) atoms. The van der Waals surface area contributed by atoms with Crippen LogP contribution in [0, 0.1) is 5.92 Å². The molecule has 1 aliphatic rings. The van der Waals surface area contributed by atoms with Crippen molar-refractivity contribution in [2.24, 2.45) is 5.92 Å². The van der Waals surface area contributed by atoms with Crippen LogP contribution in [0.5, 0.6) is 0 Å². The number of rotatable bonds is 7. The molecule has 1 aromatic heterocycles. The van der Waals surface area contributed by atoms with Gasteiger partial charge in [-0.2, -0.15) is 13.2 Å². The van der Waals surface area contributed by atoms with Gasteiger partial charge in [-0.3, -0.25) is 9.59 Å². The van der Waals surface area contributed by atoms with Gasteiger partial charge in [-0.15, -0.1) is 0 Å². The largest absolute Gasteiger partial charge is 0.480 e. The second-order valence-electron chi connectivity index (χ2n) is 10.0. The number of carbonyl (C=O) groups is 3. The third-order valence-electron chi connectivity index (χ3n) is 6.88. The molecular weight excluding hydrogens is 539 g/mol. The van der Waals surface area contributed by atoms with Crippen LogP contribution in [0.4, 0.5) is 18.9 Å². The van der Waals surface area contributed by atoms with Crippen LogP contribution in [-0.4, -0.2) is 39.0 Å². The molecule has 4 aromatic rings. The van der Waals surface area contributed by atoms with Gasteiger partial charge in [0.2, 0.25) is 5.76 Å². The number of carbonyl (C=O) groups excluding carboxylic acids is 2. The van der Waals surface area contributed by atoms with Gasteiger partial charge in [0.25, 0.3) is 11.8 Å². The summed E-state index contributed by atoms with van der Waals surface area (Å²) >= 11 is 0. The highest BCUT2D eigenvalue weighted by molar-refractivity contribution is 6.03. The zero-order chi connectivity index (χ0) is 29.5. The first-order valence-electron chi connectivity index (χ1n) is 12.6. The molecule has 5 rings (SSSR count). The van der Waals surface area contributed by atoms with Crippen molar-refractivity contribution in [2.45, 2.75) is 32.6 Å². The van der Waals surface area contributed by atoms with E-state index in [-0.39, 0.29) is 29.8 Å². The van der Waals surface area contributed by atoms with Gasteiger partial charge in [-0.05, 0) is 52.9 Å². The van der Waals surface area contributed by atoms with Gasteiger partial charge in [0.1, 0.15) is 11.7 Å². The second-order valence-corrected chi connectivity index (χ2v) is 10.0. The van der Waals surface area contributed by atoms with Crippen molar-refractivity contribution in [3.8, 4) is 22.4 Å². The highest BCUT2D eigenvalue weighted by atomic mass is 19.4. The lowest BCUT2D eigenvalue weighted by Crippen LogP contribution is -2.44. The average molecular weight is 564 g/mol. The Morgan fingerprint density at radius 2 is 1.59 bits per heavy atom. The number of carboxylic acid groups (broad SMARTS) is 1. The lowest BCUT2D eigenvalue weighted by Gasteiger charge is -2.27. The number of carboxylic acids is 1. The Balaban J connectivity index is 1.27. The molecule has 8 nitrogen and oxygen atoms in total. The summed E-state index contributed by atoms with van der Waals surface area (Å²) in [5, 5.41) is 16.1. The number of anilines is 1. The van der Waals surface area contributed by atoms with E-state index in [0.29, 0.717) is 16.8 Å². The topological polar surface area (TPSA) is 113 Å². The maximum Gasteiger partial charge on any atom is 0.416 e. The van der Waals surface area contributed by atoms with Gasteiger partial charge in [-0.25, -0.2) is 4.79 Å². The van der Waals surface area contributed by atoms with Crippen LogP contribution < -0.4 is 5.32 Å². The molecular formula is C30H24F3N3O5. The van der Waals surface area contributed by atoms with Crippen LogP contribution >= 0.6 is 0 Å². The maximum absolute atomic E-state index is 13.0. The zero-order valence-electron chi connectivity index (χ0n) is 21.9. The smallest absolute Gasteiger partial charge is 0.416 e. The molecule has 0 saturated carbocycles. The van der Waals surface area contributed by atoms with E-state index in [1.165, 1.54) is 23.1 Å². The van der Waals surface area contributed by atoms with Crippen molar-refractivity contribution < 1.29 is 37.2 Å². The first kappa shape index (κ1) is 27.6. The lowest BCUT2D eigenvalue weighted by molar-refractivity contribution is -0.144. The molecule has 210 valence electrons. The van der Waals surface area contributed by atoms with Crippen LogP contribution in [0.3, 0.4) is 0 Å². The number of nitrogens with one attached hydrogen (secondary N) is 1. The van der Waals surface area contributed by atoms with E-state index in [0.717, 1.165) is 28.8 Å². The number of alkyl halides is 3. The van der Waals surface area contributed by atoms with Gasteiger partial charge >= 0.3 is 12.1 Å². The Morgan fingerprint density at radius 3 is 2.20 bits per heavy atom. The second kappa shape index (κ2) is 10.6. The Bertz CT molecular complexity index is 1630. The van der Waals surface area contributed by atoms with E-state index in [1.54, 1.807) is 44.2 Å². The predicted molar refractivity (Wildman–Crippen MR) is 143 cm³/mol. The van der Waals surface area contributed by atoms with E-state index < -0.39 is 29.7 Å². The maximum atomic E-state index is 13.0. The molecule has 11 heteroatoms. The summed E-state index contributed by atoms with van der Waals surface area (Å²) in [5.41, 5.74) is 2.99. The normalized spacial score (nSPS) is 13.8. The van der Waals surface area contributed by atoms with Crippen molar-refractivity contribution in [3.05, 3.63) is 95.2 Å². The van der Waals surface area contributed by atoms with Crippen molar-refractivity contribution in [2.75, 3.05) is 5.32 Å². The monoisotopic (exact) mass is 563 g/mol. The Kier molecular flexibility index (Phi) is 7.12. The van der Waals surface area contributed by atoms with Crippen LogP contribution in [0.25, 0.3) is 22.4 Å². The number of fused-ring (bicyclic) bond motifs is 1. The van der Waals surface area contributed by atoms with E-state index in [2.05, 4.69) is 10.5 Å². The van der Waals surface area contributed by atoms with Gasteiger partial charge < -0.3 is 19.8 Å². The third kappa shape index (κ3) is 5.56. The minimum absolute atomic E-state index is 0.119. The van der Waals surface area contributed by atoms with Gasteiger partial charge in [0, 0.05) is 29.4 Å². The molecule has 3 aromatic carbocycles. The summed E-state index contributed by atoms with van der Waals surface area (Å²) in [6, 6.07) is 17.0. The van der Waals surface area contributed by atoms with Crippen molar-refractivity contribution in [3.63, 3.8) is 0 Å². The molecule has 0 spiro atoms. The highest BCUT2D eigenvalue weighted by Crippen LogP contribution is 2.33. The van der Waals surface area contributed by atoms with Crippen molar-refractivity contribution >= 4 is 23.5 Å². The standard InChI is InChI=1S/C30H24F3N3O5/c1-16(2)26(29(39)40)36-15-20-4-3-19(13-23(20)28(36)38)17-7-11-22(12-8-17)34-27(37)25-14-24(35-41-25)18-5-9-21(10-6-18)30(31,32)33/h3-14,16,26H,15H2,1-2H3,(H,34,37)(H,39,40). The Labute approximate surface area is 232 Å². The van der Waals surface area contributed by atoms with E-state index >= 15 is 0 Å². The number of aromatic nitrogens is 1. The third-order valence-corrected chi connectivity index (χ3v) is 6.88. The summed E-state index contributed by atoms with van der Waals surface area (Å²) in [6.45, 7) is 3.76. The molecule has 0 radical (unpaired) electrons.